The molecule has 0 amide bonds. The third-order valence-electron chi connectivity index (χ3n) is 6.30. The number of aliphatic imine (C=N–C) groups is 1. The second kappa shape index (κ2) is 18.2. The molecule has 0 fully saturated rings. The van der Waals surface area contributed by atoms with E-state index in [4.69, 9.17) is 0 Å². The molecule has 1 aliphatic carbocycles. The van der Waals surface area contributed by atoms with Gasteiger partial charge in [-0.2, -0.15) is 0 Å². The quantitative estimate of drug-likeness (QED) is 0.278. The average Bonchev–Trinajstić information content (AvgIpc) is 3.37. The number of nitrogens with zero attached hydrogens (tertiary/aromatic N) is 1. The van der Waals surface area contributed by atoms with Crippen molar-refractivity contribution < 1.29 is 0 Å². The zero-order valence-corrected chi connectivity index (χ0v) is 27.1. The van der Waals surface area contributed by atoms with Gasteiger partial charge in [0.15, 0.2) is 0 Å². The number of rotatable bonds is 4. The van der Waals surface area contributed by atoms with Gasteiger partial charge in [0, 0.05) is 12.8 Å². The lowest BCUT2D eigenvalue weighted by molar-refractivity contribution is 0.504. The first kappa shape index (κ1) is 35.8. The van der Waals surface area contributed by atoms with E-state index in [1.54, 1.807) is 0 Å². The van der Waals surface area contributed by atoms with Crippen molar-refractivity contribution in [3.63, 3.8) is 0 Å². The Labute approximate surface area is 241 Å². The molecule has 1 heteroatoms. The summed E-state index contributed by atoms with van der Waals surface area (Å²) in [5, 5.41) is 0. The van der Waals surface area contributed by atoms with Crippen LogP contribution in [0.2, 0.25) is 0 Å². The summed E-state index contributed by atoms with van der Waals surface area (Å²) < 4.78 is 0. The molecule has 0 radical (unpaired) electrons. The molecule has 39 heavy (non-hydrogen) atoms. The Bertz CT molecular complexity index is 1150. The van der Waals surface area contributed by atoms with Crippen LogP contribution in [0.1, 0.15) is 91.0 Å². The summed E-state index contributed by atoms with van der Waals surface area (Å²) in [7, 11) is 1.82. The van der Waals surface area contributed by atoms with E-state index in [0.29, 0.717) is 0 Å². The van der Waals surface area contributed by atoms with E-state index >= 15 is 0 Å². The van der Waals surface area contributed by atoms with E-state index in [1.165, 1.54) is 50.1 Å². The molecule has 2 aromatic rings. The van der Waals surface area contributed by atoms with Gasteiger partial charge in [0.1, 0.15) is 0 Å². The van der Waals surface area contributed by atoms with Crippen LogP contribution in [0.3, 0.4) is 0 Å². The predicted octanol–water partition coefficient (Wildman–Crippen LogP) is 11.5. The Morgan fingerprint density at radius 1 is 0.872 bits per heavy atom. The van der Waals surface area contributed by atoms with Gasteiger partial charge in [0.2, 0.25) is 0 Å². The fourth-order valence-electron chi connectivity index (χ4n) is 3.24. The fourth-order valence-corrected chi connectivity index (χ4v) is 3.24. The Kier molecular flexibility index (Phi) is 16.7. The van der Waals surface area contributed by atoms with Crippen LogP contribution >= 0.6 is 0 Å². The molecule has 0 saturated heterocycles. The lowest BCUT2D eigenvalue weighted by Crippen LogP contribution is -2.07. The van der Waals surface area contributed by atoms with Crippen LogP contribution < -0.4 is 0 Å². The molecule has 1 nitrogen and oxygen atoms in total. The third kappa shape index (κ3) is 16.4. The van der Waals surface area contributed by atoms with E-state index in [-0.39, 0.29) is 5.41 Å². The number of hydrogen-bond acceptors (Lipinski definition) is 1. The topological polar surface area (TPSA) is 12.4 Å². The van der Waals surface area contributed by atoms with Crippen molar-refractivity contribution in [3.8, 4) is 0 Å². The molecule has 0 aromatic heterocycles. The number of allylic oxidation sites excluding steroid dienone is 8. The summed E-state index contributed by atoms with van der Waals surface area (Å²) >= 11 is 0. The number of aryl methyl sites for hydroxylation is 3. The first-order valence-corrected chi connectivity index (χ1v) is 14.0. The van der Waals surface area contributed by atoms with Gasteiger partial charge < -0.3 is 0 Å². The molecule has 0 atom stereocenters. The van der Waals surface area contributed by atoms with Gasteiger partial charge in [0.05, 0.1) is 0 Å². The molecule has 1 aliphatic rings. The minimum Gasteiger partial charge on any atom is -0.293 e. The molecular weight excluding hydrogens is 470 g/mol. The standard InChI is InChI=1S/C16H18.C10H19N.C8H10.C4H8/c1-4-13-6-5-7-15(10-13)16-9-8-14(11-16)12(2)3;1-8(10(3,4)5)7-9(2)11-6;1-7-3-5-8(2)6-4-7;1-4(2)3/h5-10H,2,4,11H2,1,3H3;7H,1-6H3;3-6H,1-2H3;1H2,2-3H3/b;8-7+,11-9?;;. The lowest BCUT2D eigenvalue weighted by Gasteiger charge is -2.19. The third-order valence-corrected chi connectivity index (χ3v) is 6.30. The molecule has 3 rings (SSSR count). The van der Waals surface area contributed by atoms with E-state index in [0.717, 1.165) is 18.6 Å². The van der Waals surface area contributed by atoms with Crippen molar-refractivity contribution in [2.75, 3.05) is 7.05 Å². The van der Waals surface area contributed by atoms with Crippen molar-refractivity contribution in [3.05, 3.63) is 124 Å². The summed E-state index contributed by atoms with van der Waals surface area (Å²) in [6, 6.07) is 17.3. The predicted molar refractivity (Wildman–Crippen MR) is 180 cm³/mol. The maximum Gasteiger partial charge on any atom is 0.0313 e. The maximum atomic E-state index is 4.08. The smallest absolute Gasteiger partial charge is 0.0313 e. The average molecular weight is 526 g/mol. The molecule has 0 N–H and O–H groups in total. The highest BCUT2D eigenvalue weighted by Crippen LogP contribution is 2.31. The zero-order chi connectivity index (χ0) is 30.2. The van der Waals surface area contributed by atoms with Crippen molar-refractivity contribution in [1.82, 2.24) is 0 Å². The number of hydrogen-bond donors (Lipinski definition) is 0. The highest BCUT2D eigenvalue weighted by molar-refractivity contribution is 5.93. The van der Waals surface area contributed by atoms with Gasteiger partial charge in [0.25, 0.3) is 0 Å². The van der Waals surface area contributed by atoms with Crippen LogP contribution in [0.15, 0.2) is 107 Å². The summed E-state index contributed by atoms with van der Waals surface area (Å²) in [6.45, 7) is 30.8. The minimum absolute atomic E-state index is 0.270. The van der Waals surface area contributed by atoms with Crippen molar-refractivity contribution >= 4 is 11.3 Å². The van der Waals surface area contributed by atoms with Crippen molar-refractivity contribution in [2.24, 2.45) is 10.4 Å². The summed E-state index contributed by atoms with van der Waals surface area (Å²) in [5.41, 5.74) is 13.3. The Balaban J connectivity index is 0.000000547. The maximum absolute atomic E-state index is 4.08. The highest BCUT2D eigenvalue weighted by Gasteiger charge is 2.12. The molecule has 0 bridgehead atoms. The Hall–Kier alpha value is -3.19. The fraction of sp³-hybridized carbons (Fsp3) is 0.395. The molecule has 0 heterocycles. The molecular formula is C38H55N. The molecule has 0 aliphatic heterocycles. The van der Waals surface area contributed by atoms with Crippen LogP contribution in [0.25, 0.3) is 5.57 Å². The van der Waals surface area contributed by atoms with Crippen LogP contribution in [-0.4, -0.2) is 12.8 Å². The van der Waals surface area contributed by atoms with Crippen molar-refractivity contribution in [1.29, 1.82) is 0 Å². The molecule has 0 saturated carbocycles. The second-order valence-corrected chi connectivity index (χ2v) is 11.7. The summed E-state index contributed by atoms with van der Waals surface area (Å²) in [5.74, 6) is 0. The summed E-state index contributed by atoms with van der Waals surface area (Å²) in [4.78, 5) is 4.08. The number of benzene rings is 2. The molecule has 2 aromatic carbocycles. The van der Waals surface area contributed by atoms with E-state index in [2.05, 4.69) is 140 Å². The largest absolute Gasteiger partial charge is 0.293 e. The normalized spacial score (nSPS) is 12.9. The highest BCUT2D eigenvalue weighted by atomic mass is 14.7. The molecule has 0 unspecified atom stereocenters. The first-order valence-electron chi connectivity index (χ1n) is 14.0. The second-order valence-electron chi connectivity index (χ2n) is 11.7. The monoisotopic (exact) mass is 525 g/mol. The SMILES string of the molecule is C=C(C)C.C=C(C)C1=CC=C(c2cccc(CC)c2)C1.CN=C(C)/C=C(\C)C(C)(C)C.Cc1ccc(C)cc1. The lowest BCUT2D eigenvalue weighted by atomic mass is 9.87. The van der Waals surface area contributed by atoms with Crippen LogP contribution in [0.4, 0.5) is 0 Å². The summed E-state index contributed by atoms with van der Waals surface area (Å²) in [6.07, 6.45) is 8.68. The first-order chi connectivity index (χ1) is 18.1. The van der Waals surface area contributed by atoms with Gasteiger partial charge in [-0.05, 0) is 95.1 Å². The van der Waals surface area contributed by atoms with Gasteiger partial charge in [-0.15, -0.1) is 6.58 Å². The van der Waals surface area contributed by atoms with Gasteiger partial charge in [-0.3, -0.25) is 4.99 Å². The van der Waals surface area contributed by atoms with Crippen LogP contribution in [0.5, 0.6) is 0 Å². The molecule has 0 spiro atoms. The molecule has 212 valence electrons. The van der Waals surface area contributed by atoms with E-state index in [9.17, 15) is 0 Å². The minimum atomic E-state index is 0.270. The van der Waals surface area contributed by atoms with E-state index in [1.807, 2.05) is 27.8 Å². The van der Waals surface area contributed by atoms with E-state index < -0.39 is 0 Å². The van der Waals surface area contributed by atoms with Gasteiger partial charge in [-0.25, -0.2) is 0 Å². The Morgan fingerprint density at radius 2 is 1.38 bits per heavy atom. The van der Waals surface area contributed by atoms with Crippen molar-refractivity contribution in [2.45, 2.75) is 89.0 Å². The van der Waals surface area contributed by atoms with Gasteiger partial charge in [-0.1, -0.05) is 123 Å². The Morgan fingerprint density at radius 3 is 1.77 bits per heavy atom. The zero-order valence-electron chi connectivity index (χ0n) is 27.1. The van der Waals surface area contributed by atoms with Gasteiger partial charge >= 0.3 is 0 Å². The van der Waals surface area contributed by atoms with Crippen LogP contribution in [0, 0.1) is 19.3 Å². The van der Waals surface area contributed by atoms with Crippen LogP contribution in [-0.2, 0) is 6.42 Å².